The van der Waals surface area contributed by atoms with E-state index in [1.165, 1.54) is 0 Å². The first-order valence-electron chi connectivity index (χ1n) is 3.84. The number of hydrogen-bond acceptors (Lipinski definition) is 2. The molecule has 70 valence electrons. The number of nitrogens with two attached hydrogens (primary N) is 1. The lowest BCUT2D eigenvalue weighted by atomic mass is 10.1. The third kappa shape index (κ3) is 2.69. The highest BCUT2D eigenvalue weighted by molar-refractivity contribution is 6.35. The monoisotopic (exact) mass is 216 g/mol. The lowest BCUT2D eigenvalue weighted by Gasteiger charge is -2.05. The van der Waals surface area contributed by atoms with Crippen LogP contribution in [0.15, 0.2) is 18.8 Å². The fraction of sp³-hybridized carbons (Fsp3) is 0.222. The Morgan fingerprint density at radius 3 is 2.77 bits per heavy atom. The maximum absolute atomic E-state index is 5.93. The van der Waals surface area contributed by atoms with Crippen LogP contribution in [0.25, 0.3) is 5.57 Å². The highest BCUT2D eigenvalue weighted by atomic mass is 35.5. The van der Waals surface area contributed by atoms with E-state index in [0.717, 1.165) is 11.1 Å². The second-order valence-electron chi connectivity index (χ2n) is 2.63. The Hall–Kier alpha value is -0.570. The second-order valence-corrected chi connectivity index (χ2v) is 3.42. The van der Waals surface area contributed by atoms with Gasteiger partial charge in [-0.2, -0.15) is 0 Å². The predicted octanol–water partition coefficient (Wildman–Crippen LogP) is 2.75. The summed E-state index contributed by atoms with van der Waals surface area (Å²) in [5, 5.41) is 0.952. The molecule has 0 aromatic carbocycles. The molecule has 0 saturated carbocycles. The molecule has 0 fully saturated rings. The lowest BCUT2D eigenvalue weighted by molar-refractivity contribution is 1.02. The summed E-state index contributed by atoms with van der Waals surface area (Å²) in [6, 6.07) is 1.60. The van der Waals surface area contributed by atoms with Crippen molar-refractivity contribution in [1.29, 1.82) is 0 Å². The summed E-state index contributed by atoms with van der Waals surface area (Å²) in [6.45, 7) is 4.41. The van der Waals surface area contributed by atoms with E-state index in [4.69, 9.17) is 28.9 Å². The van der Waals surface area contributed by atoms with E-state index < -0.39 is 0 Å². The van der Waals surface area contributed by atoms with Crippen molar-refractivity contribution in [1.82, 2.24) is 4.98 Å². The maximum atomic E-state index is 5.93. The number of rotatable bonds is 3. The molecule has 0 radical (unpaired) electrons. The maximum Gasteiger partial charge on any atom is 0.130 e. The van der Waals surface area contributed by atoms with Gasteiger partial charge in [-0.15, -0.1) is 0 Å². The van der Waals surface area contributed by atoms with Gasteiger partial charge < -0.3 is 5.73 Å². The van der Waals surface area contributed by atoms with Crippen LogP contribution in [0.5, 0.6) is 0 Å². The molecule has 0 spiro atoms. The molecular formula is C9H10Cl2N2. The molecule has 0 saturated heterocycles. The van der Waals surface area contributed by atoms with Gasteiger partial charge in [0, 0.05) is 11.8 Å². The third-order valence-corrected chi connectivity index (χ3v) is 2.17. The number of halogens is 2. The number of nitrogens with zero attached hydrogens (tertiary/aromatic N) is 1. The first kappa shape index (κ1) is 10.5. The van der Waals surface area contributed by atoms with Gasteiger partial charge in [0.25, 0.3) is 0 Å². The molecule has 0 unspecified atom stereocenters. The van der Waals surface area contributed by atoms with Gasteiger partial charge in [0.1, 0.15) is 5.15 Å². The molecule has 0 aliphatic carbocycles. The molecule has 4 heteroatoms. The topological polar surface area (TPSA) is 38.9 Å². The zero-order chi connectivity index (χ0) is 9.84. The van der Waals surface area contributed by atoms with E-state index in [9.17, 15) is 0 Å². The summed E-state index contributed by atoms with van der Waals surface area (Å²) in [6.07, 6.45) is 2.33. The van der Waals surface area contributed by atoms with Crippen molar-refractivity contribution in [2.24, 2.45) is 5.73 Å². The minimum Gasteiger partial charge on any atom is -0.330 e. The average Bonchev–Trinajstić information content (AvgIpc) is 2.04. The molecule has 1 aromatic rings. The van der Waals surface area contributed by atoms with Gasteiger partial charge in [-0.05, 0) is 24.6 Å². The van der Waals surface area contributed by atoms with E-state index in [2.05, 4.69) is 11.6 Å². The van der Waals surface area contributed by atoms with Gasteiger partial charge in [0.05, 0.1) is 5.02 Å². The van der Waals surface area contributed by atoms with Crippen molar-refractivity contribution in [3.05, 3.63) is 34.6 Å². The molecule has 0 aliphatic heterocycles. The Morgan fingerprint density at radius 2 is 2.23 bits per heavy atom. The summed E-state index contributed by atoms with van der Waals surface area (Å²) in [5.74, 6) is 0. The molecule has 2 N–H and O–H groups in total. The predicted molar refractivity (Wildman–Crippen MR) is 57.0 cm³/mol. The summed E-state index contributed by atoms with van der Waals surface area (Å²) in [4.78, 5) is 3.92. The molecule has 2 nitrogen and oxygen atoms in total. The van der Waals surface area contributed by atoms with E-state index in [-0.39, 0.29) is 0 Å². The van der Waals surface area contributed by atoms with Crippen LogP contribution in [0.2, 0.25) is 10.2 Å². The van der Waals surface area contributed by atoms with Gasteiger partial charge in [0.15, 0.2) is 0 Å². The zero-order valence-electron chi connectivity index (χ0n) is 7.06. The molecular weight excluding hydrogens is 207 g/mol. The second kappa shape index (κ2) is 4.61. The third-order valence-electron chi connectivity index (χ3n) is 1.65. The molecule has 1 heterocycles. The Morgan fingerprint density at radius 1 is 1.54 bits per heavy atom. The Bertz CT molecular complexity index is 323. The fourth-order valence-corrected chi connectivity index (χ4v) is 1.48. The van der Waals surface area contributed by atoms with E-state index >= 15 is 0 Å². The van der Waals surface area contributed by atoms with E-state index in [1.54, 1.807) is 12.3 Å². The lowest BCUT2D eigenvalue weighted by Crippen LogP contribution is -1.99. The van der Waals surface area contributed by atoms with Crippen molar-refractivity contribution in [2.45, 2.75) is 6.42 Å². The highest BCUT2D eigenvalue weighted by Crippen LogP contribution is 2.25. The van der Waals surface area contributed by atoms with Gasteiger partial charge in [-0.25, -0.2) is 4.98 Å². The van der Waals surface area contributed by atoms with Crippen LogP contribution >= 0.6 is 23.2 Å². The van der Waals surface area contributed by atoms with Crippen molar-refractivity contribution in [2.75, 3.05) is 6.54 Å². The molecule has 1 aromatic heterocycles. The first-order chi connectivity index (χ1) is 6.15. The minimum atomic E-state index is 0.384. The minimum absolute atomic E-state index is 0.384. The van der Waals surface area contributed by atoms with Crippen LogP contribution in [-0.4, -0.2) is 11.5 Å². The summed E-state index contributed by atoms with van der Waals surface area (Å²) >= 11 is 11.6. The van der Waals surface area contributed by atoms with Crippen LogP contribution in [0.1, 0.15) is 12.0 Å². The van der Waals surface area contributed by atoms with Crippen LogP contribution in [0.4, 0.5) is 0 Å². The van der Waals surface area contributed by atoms with Crippen LogP contribution in [0.3, 0.4) is 0 Å². The first-order valence-corrected chi connectivity index (χ1v) is 4.60. The van der Waals surface area contributed by atoms with Crippen LogP contribution in [-0.2, 0) is 0 Å². The van der Waals surface area contributed by atoms with Crippen molar-refractivity contribution in [3.63, 3.8) is 0 Å². The molecule has 0 atom stereocenters. The molecule has 1 rings (SSSR count). The standard InChI is InChI=1S/C9H10Cl2N2/c1-6(2-3-12)7-5-13-9(11)4-8(7)10/h4-5H,1-3,12H2. The van der Waals surface area contributed by atoms with Gasteiger partial charge in [-0.3, -0.25) is 0 Å². The average molecular weight is 217 g/mol. The normalized spacial score (nSPS) is 10.1. The van der Waals surface area contributed by atoms with E-state index in [0.29, 0.717) is 23.1 Å². The fourth-order valence-electron chi connectivity index (χ4n) is 0.977. The summed E-state index contributed by atoms with van der Waals surface area (Å²) in [7, 11) is 0. The zero-order valence-corrected chi connectivity index (χ0v) is 8.57. The SMILES string of the molecule is C=C(CCN)c1cnc(Cl)cc1Cl. The van der Waals surface area contributed by atoms with E-state index in [1.807, 2.05) is 0 Å². The van der Waals surface area contributed by atoms with Gasteiger partial charge in [-0.1, -0.05) is 29.8 Å². The van der Waals surface area contributed by atoms with Crippen molar-refractivity contribution < 1.29 is 0 Å². The van der Waals surface area contributed by atoms with Crippen molar-refractivity contribution >= 4 is 28.8 Å². The highest BCUT2D eigenvalue weighted by Gasteiger charge is 2.04. The number of aromatic nitrogens is 1. The Labute approximate surface area is 87.4 Å². The summed E-state index contributed by atoms with van der Waals surface area (Å²) in [5.41, 5.74) is 7.10. The van der Waals surface area contributed by atoms with Gasteiger partial charge in [0.2, 0.25) is 0 Å². The molecule has 0 amide bonds. The Balaban J connectivity index is 2.95. The molecule has 0 bridgehead atoms. The van der Waals surface area contributed by atoms with Gasteiger partial charge >= 0.3 is 0 Å². The quantitative estimate of drug-likeness (QED) is 0.790. The Kier molecular flexibility index (Phi) is 3.72. The smallest absolute Gasteiger partial charge is 0.130 e. The van der Waals surface area contributed by atoms with Crippen LogP contribution in [0, 0.1) is 0 Å². The van der Waals surface area contributed by atoms with Crippen molar-refractivity contribution in [3.8, 4) is 0 Å². The number of pyridine rings is 1. The van der Waals surface area contributed by atoms with Crippen LogP contribution < -0.4 is 5.73 Å². The number of hydrogen-bond donors (Lipinski definition) is 1. The largest absolute Gasteiger partial charge is 0.330 e. The summed E-state index contributed by atoms with van der Waals surface area (Å²) < 4.78 is 0. The molecule has 13 heavy (non-hydrogen) atoms. The molecule has 0 aliphatic rings.